The number of methoxy groups -OCH3 is 1. The van der Waals surface area contributed by atoms with Crippen LogP contribution in [0.15, 0.2) is 35.5 Å². The third-order valence-electron chi connectivity index (χ3n) is 5.57. The highest BCUT2D eigenvalue weighted by Crippen LogP contribution is 2.45. The van der Waals surface area contributed by atoms with E-state index in [2.05, 4.69) is 4.74 Å². The number of hydrogen-bond acceptors (Lipinski definition) is 4. The SMILES string of the molecule is CCCCN1C(=O)[C@@](NC(=O)c2ccc(C(C)(C)C)cc2)(C(F)(F)F)C(C(=O)OC)=C1C. The van der Waals surface area contributed by atoms with Crippen LogP contribution in [-0.4, -0.2) is 48.1 Å². The van der Waals surface area contributed by atoms with Gasteiger partial charge in [-0.2, -0.15) is 13.2 Å². The maximum atomic E-state index is 14.5. The van der Waals surface area contributed by atoms with Crippen molar-refractivity contribution in [2.75, 3.05) is 13.7 Å². The molecule has 1 aliphatic rings. The van der Waals surface area contributed by atoms with E-state index in [0.717, 1.165) is 17.6 Å². The van der Waals surface area contributed by atoms with E-state index in [-0.39, 0.29) is 23.2 Å². The molecule has 1 aromatic rings. The number of ether oxygens (including phenoxy) is 1. The number of hydrogen-bond donors (Lipinski definition) is 1. The smallest absolute Gasteiger partial charge is 0.425 e. The molecule has 0 aliphatic carbocycles. The van der Waals surface area contributed by atoms with Crippen LogP contribution >= 0.6 is 0 Å². The van der Waals surface area contributed by atoms with Gasteiger partial charge in [0.1, 0.15) is 5.57 Å². The predicted octanol–water partition coefficient (Wildman–Crippen LogP) is 4.10. The van der Waals surface area contributed by atoms with Crippen molar-refractivity contribution in [3.05, 3.63) is 46.7 Å². The molecule has 0 aromatic heterocycles. The van der Waals surface area contributed by atoms with Crippen molar-refractivity contribution >= 4 is 17.8 Å². The standard InChI is InChI=1S/C23H29F3N2O4/c1-7-8-13-28-14(2)17(19(30)32-6)22(20(28)31,23(24,25)26)27-18(29)15-9-11-16(12-10-15)21(3,4)5/h9-12H,7-8,13H2,1-6H3,(H,27,29)/t22-/m1/s1. The third-order valence-corrected chi connectivity index (χ3v) is 5.57. The lowest BCUT2D eigenvalue weighted by molar-refractivity contribution is -0.192. The van der Waals surface area contributed by atoms with Gasteiger partial charge in [0.25, 0.3) is 17.4 Å². The molecule has 32 heavy (non-hydrogen) atoms. The molecule has 9 heteroatoms. The van der Waals surface area contributed by atoms with Gasteiger partial charge in [0.2, 0.25) is 0 Å². The first kappa shape index (κ1) is 25.4. The number of nitrogens with one attached hydrogen (secondary N) is 1. The molecule has 176 valence electrons. The second kappa shape index (κ2) is 8.96. The Labute approximate surface area is 185 Å². The van der Waals surface area contributed by atoms with Crippen LogP contribution in [0, 0.1) is 0 Å². The van der Waals surface area contributed by atoms with Gasteiger partial charge >= 0.3 is 12.1 Å². The maximum absolute atomic E-state index is 14.5. The van der Waals surface area contributed by atoms with Crippen molar-refractivity contribution in [1.82, 2.24) is 10.2 Å². The number of nitrogens with zero attached hydrogens (tertiary/aromatic N) is 1. The first-order valence-corrected chi connectivity index (χ1v) is 10.3. The summed E-state index contributed by atoms with van der Waals surface area (Å²) in [5, 5.41) is 1.84. The summed E-state index contributed by atoms with van der Waals surface area (Å²) >= 11 is 0. The van der Waals surface area contributed by atoms with Crippen LogP contribution in [0.2, 0.25) is 0 Å². The Morgan fingerprint density at radius 1 is 1.12 bits per heavy atom. The van der Waals surface area contributed by atoms with Gasteiger partial charge in [-0.3, -0.25) is 9.59 Å². The number of alkyl halides is 3. The Bertz CT molecular complexity index is 930. The van der Waals surface area contributed by atoms with E-state index >= 15 is 0 Å². The van der Waals surface area contributed by atoms with Crippen LogP contribution in [0.5, 0.6) is 0 Å². The van der Waals surface area contributed by atoms with E-state index in [1.54, 1.807) is 12.1 Å². The number of benzene rings is 1. The molecule has 0 spiro atoms. The van der Waals surface area contributed by atoms with Gasteiger partial charge in [-0.25, -0.2) is 4.79 Å². The minimum Gasteiger partial charge on any atom is -0.466 e. The summed E-state index contributed by atoms with van der Waals surface area (Å²) in [6, 6.07) is 6.06. The Morgan fingerprint density at radius 2 is 1.69 bits per heavy atom. The normalized spacial score (nSPS) is 19.4. The fourth-order valence-electron chi connectivity index (χ4n) is 3.67. The summed E-state index contributed by atoms with van der Waals surface area (Å²) < 4.78 is 48.0. The van der Waals surface area contributed by atoms with Crippen molar-refractivity contribution in [3.8, 4) is 0 Å². The van der Waals surface area contributed by atoms with E-state index in [1.807, 2.05) is 33.0 Å². The average molecular weight is 454 g/mol. The van der Waals surface area contributed by atoms with Crippen LogP contribution in [0.3, 0.4) is 0 Å². The molecule has 2 rings (SSSR count). The lowest BCUT2D eigenvalue weighted by Crippen LogP contribution is -2.66. The Kier molecular flexibility index (Phi) is 7.11. The zero-order valence-corrected chi connectivity index (χ0v) is 19.1. The Morgan fingerprint density at radius 3 is 2.12 bits per heavy atom. The second-order valence-corrected chi connectivity index (χ2v) is 8.79. The Balaban J connectivity index is 2.58. The molecule has 0 unspecified atom stereocenters. The number of unbranched alkanes of at least 4 members (excludes halogenated alkanes) is 1. The zero-order chi connectivity index (χ0) is 24.5. The highest BCUT2D eigenvalue weighted by molar-refractivity contribution is 6.11. The van der Waals surface area contributed by atoms with Gasteiger partial charge in [-0.15, -0.1) is 0 Å². The molecule has 0 radical (unpaired) electrons. The highest BCUT2D eigenvalue weighted by atomic mass is 19.4. The molecule has 1 aromatic carbocycles. The van der Waals surface area contributed by atoms with Gasteiger partial charge in [0.05, 0.1) is 7.11 Å². The number of amides is 2. The number of allylic oxidation sites excluding steroid dienone is 1. The van der Waals surface area contributed by atoms with Gasteiger partial charge in [-0.05, 0) is 36.5 Å². The second-order valence-electron chi connectivity index (χ2n) is 8.79. The summed E-state index contributed by atoms with van der Waals surface area (Å²) in [5.41, 5.74) is -4.04. The fraction of sp³-hybridized carbons (Fsp3) is 0.522. The van der Waals surface area contributed by atoms with E-state index in [0.29, 0.717) is 12.8 Å². The molecule has 1 heterocycles. The van der Waals surface area contributed by atoms with Crippen molar-refractivity contribution in [3.63, 3.8) is 0 Å². The number of carbonyl (C=O) groups excluding carboxylic acids is 3. The largest absolute Gasteiger partial charge is 0.466 e. The van der Waals surface area contributed by atoms with Crippen LogP contribution in [-0.2, 0) is 19.7 Å². The summed E-state index contributed by atoms with van der Waals surface area (Å²) in [6.07, 6.45) is -4.24. The van der Waals surface area contributed by atoms with E-state index in [9.17, 15) is 27.6 Å². The summed E-state index contributed by atoms with van der Waals surface area (Å²) in [5.74, 6) is -3.87. The first-order valence-electron chi connectivity index (χ1n) is 10.3. The minimum absolute atomic E-state index is 0.0182. The molecular formula is C23H29F3N2O4. The lowest BCUT2D eigenvalue weighted by atomic mass is 9.86. The third kappa shape index (κ3) is 4.38. The molecule has 0 saturated carbocycles. The topological polar surface area (TPSA) is 75.7 Å². The maximum Gasteiger partial charge on any atom is 0.425 e. The zero-order valence-electron chi connectivity index (χ0n) is 19.1. The summed E-state index contributed by atoms with van der Waals surface area (Å²) in [7, 11) is 0.927. The average Bonchev–Trinajstić information content (AvgIpc) is 2.92. The summed E-state index contributed by atoms with van der Waals surface area (Å²) in [4.78, 5) is 39.3. The fourth-order valence-corrected chi connectivity index (χ4v) is 3.67. The van der Waals surface area contributed by atoms with Gasteiger partial charge < -0.3 is 15.0 Å². The van der Waals surface area contributed by atoms with Crippen LogP contribution in [0.1, 0.15) is 63.4 Å². The van der Waals surface area contributed by atoms with E-state index in [1.165, 1.54) is 19.1 Å². The number of halogens is 3. The Hall–Kier alpha value is -2.84. The molecule has 1 atom stereocenters. The molecule has 1 aliphatic heterocycles. The lowest BCUT2D eigenvalue weighted by Gasteiger charge is -2.33. The molecule has 0 fully saturated rings. The molecule has 0 saturated heterocycles. The quantitative estimate of drug-likeness (QED) is 0.657. The van der Waals surface area contributed by atoms with Gasteiger partial charge in [0.15, 0.2) is 0 Å². The van der Waals surface area contributed by atoms with E-state index in [4.69, 9.17) is 0 Å². The molecule has 1 N–H and O–H groups in total. The molecular weight excluding hydrogens is 425 g/mol. The highest BCUT2D eigenvalue weighted by Gasteiger charge is 2.70. The van der Waals surface area contributed by atoms with Crippen molar-refractivity contribution in [2.24, 2.45) is 0 Å². The monoisotopic (exact) mass is 454 g/mol. The summed E-state index contributed by atoms with van der Waals surface area (Å²) in [6.45, 7) is 8.92. The number of carbonyl (C=O) groups is 3. The number of rotatable bonds is 6. The van der Waals surface area contributed by atoms with Gasteiger partial charge in [0, 0.05) is 17.8 Å². The molecule has 2 amide bonds. The minimum atomic E-state index is -5.28. The first-order chi connectivity index (χ1) is 14.7. The van der Waals surface area contributed by atoms with Crippen molar-refractivity contribution < 1.29 is 32.3 Å². The van der Waals surface area contributed by atoms with Crippen LogP contribution < -0.4 is 5.32 Å². The van der Waals surface area contributed by atoms with Crippen LogP contribution in [0.4, 0.5) is 13.2 Å². The van der Waals surface area contributed by atoms with Crippen molar-refractivity contribution in [2.45, 2.75) is 64.6 Å². The van der Waals surface area contributed by atoms with Crippen LogP contribution in [0.25, 0.3) is 0 Å². The molecule has 0 bridgehead atoms. The predicted molar refractivity (Wildman–Crippen MR) is 113 cm³/mol. The van der Waals surface area contributed by atoms with Crippen molar-refractivity contribution in [1.29, 1.82) is 0 Å². The molecule has 6 nitrogen and oxygen atoms in total. The van der Waals surface area contributed by atoms with Gasteiger partial charge in [-0.1, -0.05) is 46.2 Å². The number of esters is 1. The van der Waals surface area contributed by atoms with E-state index < -0.39 is 35.1 Å².